The fourth-order valence-electron chi connectivity index (χ4n) is 2.82. The Bertz CT molecular complexity index is 718. The average Bonchev–Trinajstić information content (AvgIpc) is 2.59. The maximum Gasteiger partial charge on any atom is 0.0717 e. The van der Waals surface area contributed by atoms with Gasteiger partial charge in [-0.25, -0.2) is 0 Å². The molecule has 3 aromatic rings. The van der Waals surface area contributed by atoms with E-state index in [4.69, 9.17) is 4.74 Å². The lowest BCUT2D eigenvalue weighted by atomic mass is 9.97. The van der Waals surface area contributed by atoms with Crippen LogP contribution in [0, 0.1) is 0 Å². The van der Waals surface area contributed by atoms with Crippen molar-refractivity contribution < 1.29 is 4.74 Å². The standard InChI is InChI=1S/C21H22O/c1-2-18(19-8-4-3-5-9-19)16-22-15-17-12-13-20-10-6-7-11-21(20)14-17/h3-14,18H,2,15-16H2,1H3. The number of benzene rings is 3. The van der Waals surface area contributed by atoms with Gasteiger partial charge in [0, 0.05) is 5.92 Å². The molecule has 1 heteroatoms. The first-order valence-electron chi connectivity index (χ1n) is 7.97. The number of fused-ring (bicyclic) bond motifs is 1. The minimum Gasteiger partial charge on any atom is -0.376 e. The molecule has 22 heavy (non-hydrogen) atoms. The topological polar surface area (TPSA) is 9.23 Å². The minimum absolute atomic E-state index is 0.474. The normalized spacial score (nSPS) is 12.4. The Hall–Kier alpha value is -2.12. The van der Waals surface area contributed by atoms with Crippen LogP contribution in [0.3, 0.4) is 0 Å². The van der Waals surface area contributed by atoms with Crippen LogP contribution in [0.25, 0.3) is 10.8 Å². The molecule has 0 spiro atoms. The molecule has 0 radical (unpaired) electrons. The zero-order valence-electron chi connectivity index (χ0n) is 13.0. The molecule has 1 unspecified atom stereocenters. The van der Waals surface area contributed by atoms with Crippen molar-refractivity contribution in [3.8, 4) is 0 Å². The highest BCUT2D eigenvalue weighted by atomic mass is 16.5. The summed E-state index contributed by atoms with van der Waals surface area (Å²) in [4.78, 5) is 0. The van der Waals surface area contributed by atoms with E-state index < -0.39 is 0 Å². The van der Waals surface area contributed by atoms with Crippen molar-refractivity contribution in [2.24, 2.45) is 0 Å². The molecule has 3 aromatic carbocycles. The van der Waals surface area contributed by atoms with Gasteiger partial charge in [0.05, 0.1) is 13.2 Å². The van der Waals surface area contributed by atoms with Gasteiger partial charge < -0.3 is 4.74 Å². The second-order valence-electron chi connectivity index (χ2n) is 5.71. The van der Waals surface area contributed by atoms with E-state index in [9.17, 15) is 0 Å². The molecule has 0 bridgehead atoms. The summed E-state index contributed by atoms with van der Waals surface area (Å²) in [5.74, 6) is 0.474. The number of hydrogen-bond acceptors (Lipinski definition) is 1. The highest BCUT2D eigenvalue weighted by Gasteiger charge is 2.09. The van der Waals surface area contributed by atoms with Gasteiger partial charge in [-0.05, 0) is 34.4 Å². The maximum atomic E-state index is 5.98. The molecule has 0 aliphatic heterocycles. The van der Waals surface area contributed by atoms with E-state index >= 15 is 0 Å². The SMILES string of the molecule is CCC(COCc1ccc2ccccc2c1)c1ccccc1. The number of ether oxygens (including phenoxy) is 1. The van der Waals surface area contributed by atoms with Crippen molar-refractivity contribution in [3.63, 3.8) is 0 Å². The van der Waals surface area contributed by atoms with Crippen LogP contribution in [0.2, 0.25) is 0 Å². The lowest BCUT2D eigenvalue weighted by Gasteiger charge is -2.15. The molecule has 3 rings (SSSR count). The molecule has 0 amide bonds. The van der Waals surface area contributed by atoms with E-state index in [1.807, 2.05) is 0 Å². The molecular formula is C21H22O. The Morgan fingerprint density at radius 2 is 1.55 bits per heavy atom. The first-order chi connectivity index (χ1) is 10.9. The highest BCUT2D eigenvalue weighted by Crippen LogP contribution is 2.21. The highest BCUT2D eigenvalue weighted by molar-refractivity contribution is 5.82. The molecule has 112 valence electrons. The first-order valence-corrected chi connectivity index (χ1v) is 7.97. The summed E-state index contributed by atoms with van der Waals surface area (Å²) in [6.45, 7) is 3.67. The van der Waals surface area contributed by atoms with Crippen molar-refractivity contribution >= 4 is 10.8 Å². The summed E-state index contributed by atoms with van der Waals surface area (Å²) in [6.07, 6.45) is 1.10. The smallest absolute Gasteiger partial charge is 0.0717 e. The Morgan fingerprint density at radius 3 is 2.32 bits per heavy atom. The summed E-state index contributed by atoms with van der Waals surface area (Å²) in [6, 6.07) is 25.6. The monoisotopic (exact) mass is 290 g/mol. The summed E-state index contributed by atoms with van der Waals surface area (Å²) in [5, 5.41) is 2.56. The van der Waals surface area contributed by atoms with Crippen molar-refractivity contribution in [2.45, 2.75) is 25.9 Å². The van der Waals surface area contributed by atoms with Gasteiger partial charge in [0.15, 0.2) is 0 Å². The van der Waals surface area contributed by atoms with E-state index in [1.165, 1.54) is 21.9 Å². The Kier molecular flexibility index (Phi) is 4.87. The summed E-state index contributed by atoms with van der Waals surface area (Å²) < 4.78 is 5.98. The molecular weight excluding hydrogens is 268 g/mol. The summed E-state index contributed by atoms with van der Waals surface area (Å²) in [7, 11) is 0. The minimum atomic E-state index is 0.474. The Balaban J connectivity index is 1.61. The van der Waals surface area contributed by atoms with Crippen LogP contribution in [0.5, 0.6) is 0 Å². The van der Waals surface area contributed by atoms with Gasteiger partial charge in [-0.1, -0.05) is 73.7 Å². The molecule has 0 saturated heterocycles. The molecule has 0 aromatic heterocycles. The molecule has 1 nitrogen and oxygen atoms in total. The summed E-state index contributed by atoms with van der Waals surface area (Å²) in [5.41, 5.74) is 2.60. The van der Waals surface area contributed by atoms with E-state index in [-0.39, 0.29) is 0 Å². The maximum absolute atomic E-state index is 5.98. The number of hydrogen-bond donors (Lipinski definition) is 0. The van der Waals surface area contributed by atoms with Gasteiger partial charge >= 0.3 is 0 Å². The van der Waals surface area contributed by atoms with Crippen LogP contribution in [0.4, 0.5) is 0 Å². The quantitative estimate of drug-likeness (QED) is 0.578. The molecule has 0 N–H and O–H groups in total. The Morgan fingerprint density at radius 1 is 0.818 bits per heavy atom. The van der Waals surface area contributed by atoms with Gasteiger partial charge in [-0.2, -0.15) is 0 Å². The molecule has 0 aliphatic rings. The molecule has 0 heterocycles. The fraction of sp³-hybridized carbons (Fsp3) is 0.238. The molecule has 0 fully saturated rings. The molecule has 0 saturated carbocycles. The Labute approximate surface area is 132 Å². The number of rotatable bonds is 6. The second-order valence-corrected chi connectivity index (χ2v) is 5.71. The van der Waals surface area contributed by atoms with Crippen LogP contribution in [0.1, 0.15) is 30.4 Å². The lowest BCUT2D eigenvalue weighted by molar-refractivity contribution is 0.106. The second kappa shape index (κ2) is 7.24. The fourth-order valence-corrected chi connectivity index (χ4v) is 2.82. The zero-order chi connectivity index (χ0) is 15.2. The van der Waals surface area contributed by atoms with E-state index in [0.717, 1.165) is 13.0 Å². The van der Waals surface area contributed by atoms with Gasteiger partial charge in [-0.15, -0.1) is 0 Å². The zero-order valence-corrected chi connectivity index (χ0v) is 13.0. The van der Waals surface area contributed by atoms with Crippen molar-refractivity contribution in [3.05, 3.63) is 83.9 Å². The van der Waals surface area contributed by atoms with Crippen LogP contribution < -0.4 is 0 Å². The predicted octanol–water partition coefficient (Wildman–Crippen LogP) is 5.55. The third-order valence-corrected chi connectivity index (χ3v) is 4.17. The molecule has 1 atom stereocenters. The van der Waals surface area contributed by atoms with Crippen LogP contribution in [-0.2, 0) is 11.3 Å². The van der Waals surface area contributed by atoms with Gasteiger partial charge in [0.25, 0.3) is 0 Å². The lowest BCUT2D eigenvalue weighted by Crippen LogP contribution is -2.07. The largest absolute Gasteiger partial charge is 0.376 e. The third kappa shape index (κ3) is 3.55. The van der Waals surface area contributed by atoms with Crippen LogP contribution in [0.15, 0.2) is 72.8 Å². The van der Waals surface area contributed by atoms with Crippen molar-refractivity contribution in [1.82, 2.24) is 0 Å². The van der Waals surface area contributed by atoms with E-state index in [2.05, 4.69) is 79.7 Å². The first kappa shape index (κ1) is 14.8. The van der Waals surface area contributed by atoms with E-state index in [0.29, 0.717) is 12.5 Å². The van der Waals surface area contributed by atoms with Gasteiger partial charge in [0.2, 0.25) is 0 Å². The predicted molar refractivity (Wildman–Crippen MR) is 93.1 cm³/mol. The summed E-state index contributed by atoms with van der Waals surface area (Å²) >= 11 is 0. The van der Waals surface area contributed by atoms with Gasteiger partial charge in [-0.3, -0.25) is 0 Å². The van der Waals surface area contributed by atoms with Crippen LogP contribution in [-0.4, -0.2) is 6.61 Å². The van der Waals surface area contributed by atoms with Crippen LogP contribution >= 0.6 is 0 Å². The van der Waals surface area contributed by atoms with E-state index in [1.54, 1.807) is 0 Å². The van der Waals surface area contributed by atoms with Gasteiger partial charge in [0.1, 0.15) is 0 Å². The molecule has 0 aliphatic carbocycles. The van der Waals surface area contributed by atoms with Crippen molar-refractivity contribution in [2.75, 3.05) is 6.61 Å². The van der Waals surface area contributed by atoms with Crippen molar-refractivity contribution in [1.29, 1.82) is 0 Å². The average molecular weight is 290 g/mol. The third-order valence-electron chi connectivity index (χ3n) is 4.17.